The molecule has 1 atom stereocenters. The Bertz CT molecular complexity index is 941. The van der Waals surface area contributed by atoms with E-state index in [0.29, 0.717) is 11.3 Å². The van der Waals surface area contributed by atoms with Crippen molar-refractivity contribution in [3.63, 3.8) is 0 Å². The zero-order valence-electron chi connectivity index (χ0n) is 12.0. The first-order valence-corrected chi connectivity index (χ1v) is 9.75. The van der Waals surface area contributed by atoms with Gasteiger partial charge in [0, 0.05) is 0 Å². The van der Waals surface area contributed by atoms with E-state index in [1.807, 2.05) is 0 Å². The summed E-state index contributed by atoms with van der Waals surface area (Å²) in [4.78, 5) is 0.217. The van der Waals surface area contributed by atoms with Gasteiger partial charge in [-0.2, -0.15) is 0 Å². The first kappa shape index (κ1) is 15.3. The van der Waals surface area contributed by atoms with Crippen LogP contribution in [0.1, 0.15) is 23.1 Å². The summed E-state index contributed by atoms with van der Waals surface area (Å²) in [7, 11) is -7.32. The lowest BCUT2D eigenvalue weighted by Crippen LogP contribution is -2.29. The smallest absolute Gasteiger partial charge is 0.244 e. The Labute approximate surface area is 129 Å². The molecule has 0 bridgehead atoms. The monoisotopic (exact) mass is 341 g/mol. The third-order valence-corrected chi connectivity index (χ3v) is 6.99. The molecule has 0 saturated carbocycles. The van der Waals surface area contributed by atoms with Crippen LogP contribution in [0, 0.1) is 13.8 Å². The molecule has 0 radical (unpaired) electrons. The molecule has 8 heteroatoms. The van der Waals surface area contributed by atoms with Crippen LogP contribution in [-0.4, -0.2) is 22.6 Å². The molecule has 3 rings (SSSR count). The van der Waals surface area contributed by atoms with E-state index in [9.17, 15) is 16.8 Å². The molecule has 2 aromatic rings. The number of rotatable bonds is 3. The van der Waals surface area contributed by atoms with E-state index in [0.717, 1.165) is 0 Å². The third-order valence-electron chi connectivity index (χ3n) is 3.60. The van der Waals surface area contributed by atoms with E-state index < -0.39 is 25.9 Å². The first-order valence-electron chi connectivity index (χ1n) is 6.62. The van der Waals surface area contributed by atoms with Crippen molar-refractivity contribution in [1.29, 1.82) is 0 Å². The number of furan rings is 1. The lowest BCUT2D eigenvalue weighted by molar-refractivity contribution is 0.495. The fourth-order valence-electron chi connectivity index (χ4n) is 2.67. The molecule has 6 nitrogen and oxygen atoms in total. The van der Waals surface area contributed by atoms with Crippen LogP contribution in [-0.2, 0) is 19.9 Å². The number of benzene rings is 1. The zero-order chi connectivity index (χ0) is 16.1. The number of hydrogen-bond donors (Lipinski definition) is 1. The SMILES string of the molecule is Cc1cc(S(=O)(=O)NC2CS(=O)(=O)c3ccccc32)c(C)o1. The highest BCUT2D eigenvalue weighted by Gasteiger charge is 2.37. The van der Waals surface area contributed by atoms with E-state index in [4.69, 9.17) is 4.42 Å². The molecule has 1 unspecified atom stereocenters. The third kappa shape index (κ3) is 2.47. The molecule has 2 heterocycles. The Morgan fingerprint density at radius 2 is 1.91 bits per heavy atom. The van der Waals surface area contributed by atoms with Gasteiger partial charge in [0.2, 0.25) is 10.0 Å². The predicted octanol–water partition coefficient (Wildman–Crippen LogP) is 1.70. The van der Waals surface area contributed by atoms with E-state index in [-0.39, 0.29) is 21.3 Å². The van der Waals surface area contributed by atoms with Gasteiger partial charge < -0.3 is 4.42 Å². The van der Waals surface area contributed by atoms with Crippen molar-refractivity contribution in [2.75, 3.05) is 5.75 Å². The summed E-state index contributed by atoms with van der Waals surface area (Å²) < 4.78 is 56.9. The highest BCUT2D eigenvalue weighted by molar-refractivity contribution is 7.92. The lowest BCUT2D eigenvalue weighted by Gasteiger charge is -2.12. The van der Waals surface area contributed by atoms with Gasteiger partial charge in [-0.15, -0.1) is 0 Å². The van der Waals surface area contributed by atoms with Gasteiger partial charge in [-0.3, -0.25) is 0 Å². The zero-order valence-corrected chi connectivity index (χ0v) is 13.7. The Balaban J connectivity index is 2.00. The molecule has 0 aliphatic carbocycles. The van der Waals surface area contributed by atoms with Crippen LogP contribution >= 0.6 is 0 Å². The van der Waals surface area contributed by atoms with Gasteiger partial charge in [-0.05, 0) is 31.5 Å². The van der Waals surface area contributed by atoms with E-state index >= 15 is 0 Å². The fraction of sp³-hybridized carbons (Fsp3) is 0.286. The number of fused-ring (bicyclic) bond motifs is 1. The topological polar surface area (TPSA) is 93.5 Å². The molecule has 0 saturated heterocycles. The van der Waals surface area contributed by atoms with Gasteiger partial charge in [0.15, 0.2) is 9.84 Å². The summed E-state index contributed by atoms with van der Waals surface area (Å²) in [5, 5.41) is 0. The Morgan fingerprint density at radius 1 is 1.23 bits per heavy atom. The highest BCUT2D eigenvalue weighted by atomic mass is 32.2. The fourth-order valence-corrected chi connectivity index (χ4v) is 5.97. The average molecular weight is 341 g/mol. The minimum Gasteiger partial charge on any atom is -0.465 e. The maximum atomic E-state index is 12.5. The molecule has 1 aromatic heterocycles. The van der Waals surface area contributed by atoms with Gasteiger partial charge in [0.1, 0.15) is 16.4 Å². The number of sulfonamides is 1. The molecular formula is C14H15NO5S2. The average Bonchev–Trinajstić information content (AvgIpc) is 2.88. The van der Waals surface area contributed by atoms with Crippen molar-refractivity contribution < 1.29 is 21.3 Å². The van der Waals surface area contributed by atoms with Crippen molar-refractivity contribution in [2.24, 2.45) is 0 Å². The highest BCUT2D eigenvalue weighted by Crippen LogP contribution is 2.34. The van der Waals surface area contributed by atoms with Crippen LogP contribution < -0.4 is 4.72 Å². The predicted molar refractivity (Wildman–Crippen MR) is 79.7 cm³/mol. The van der Waals surface area contributed by atoms with Crippen molar-refractivity contribution in [3.8, 4) is 0 Å². The summed E-state index contributed by atoms with van der Waals surface area (Å²) in [5.74, 6) is 0.484. The van der Waals surface area contributed by atoms with Crippen LogP contribution in [0.15, 0.2) is 44.5 Å². The quantitative estimate of drug-likeness (QED) is 0.917. The van der Waals surface area contributed by atoms with E-state index in [1.54, 1.807) is 32.0 Å². The van der Waals surface area contributed by atoms with Gasteiger partial charge in [0.25, 0.3) is 0 Å². The van der Waals surface area contributed by atoms with Gasteiger partial charge in [-0.25, -0.2) is 21.6 Å². The summed E-state index contributed by atoms with van der Waals surface area (Å²) in [6, 6.07) is 7.06. The van der Waals surface area contributed by atoms with Crippen LogP contribution in [0.4, 0.5) is 0 Å². The molecule has 118 valence electrons. The number of hydrogen-bond acceptors (Lipinski definition) is 5. The molecule has 1 aliphatic rings. The minimum atomic E-state index is -3.85. The maximum absolute atomic E-state index is 12.5. The molecule has 22 heavy (non-hydrogen) atoms. The second-order valence-electron chi connectivity index (χ2n) is 5.27. The summed E-state index contributed by atoms with van der Waals surface area (Å²) >= 11 is 0. The summed E-state index contributed by atoms with van der Waals surface area (Å²) in [6.45, 7) is 3.21. The lowest BCUT2D eigenvalue weighted by atomic mass is 10.1. The van der Waals surface area contributed by atoms with Crippen molar-refractivity contribution in [2.45, 2.75) is 29.7 Å². The van der Waals surface area contributed by atoms with Gasteiger partial charge >= 0.3 is 0 Å². The largest absolute Gasteiger partial charge is 0.465 e. The first-order chi connectivity index (χ1) is 10.2. The second-order valence-corrected chi connectivity index (χ2v) is 8.96. The van der Waals surface area contributed by atoms with Crippen molar-refractivity contribution in [1.82, 2.24) is 4.72 Å². The molecule has 0 amide bonds. The molecular weight excluding hydrogens is 326 g/mol. The molecule has 1 aliphatic heterocycles. The number of aryl methyl sites for hydroxylation is 2. The van der Waals surface area contributed by atoms with E-state index in [1.165, 1.54) is 12.1 Å². The maximum Gasteiger partial charge on any atom is 0.244 e. The van der Waals surface area contributed by atoms with E-state index in [2.05, 4.69) is 4.72 Å². The van der Waals surface area contributed by atoms with Crippen LogP contribution in [0.2, 0.25) is 0 Å². The van der Waals surface area contributed by atoms with Crippen LogP contribution in [0.5, 0.6) is 0 Å². The second kappa shape index (κ2) is 4.94. The van der Waals surface area contributed by atoms with Crippen LogP contribution in [0.3, 0.4) is 0 Å². The van der Waals surface area contributed by atoms with Crippen molar-refractivity contribution in [3.05, 3.63) is 47.4 Å². The molecule has 1 N–H and O–H groups in total. The Hall–Kier alpha value is -1.64. The number of sulfone groups is 1. The minimum absolute atomic E-state index is 0.0341. The molecule has 0 spiro atoms. The summed E-state index contributed by atoms with van der Waals surface area (Å²) in [6.07, 6.45) is 0. The summed E-state index contributed by atoms with van der Waals surface area (Å²) in [5.41, 5.74) is 0.476. The van der Waals surface area contributed by atoms with Gasteiger partial charge in [0.05, 0.1) is 16.7 Å². The Kier molecular flexibility index (Phi) is 3.42. The Morgan fingerprint density at radius 3 is 2.55 bits per heavy atom. The van der Waals surface area contributed by atoms with Gasteiger partial charge in [-0.1, -0.05) is 18.2 Å². The standard InChI is InChI=1S/C14H15NO5S2/c1-9-7-14(10(2)20-9)22(18,19)15-12-8-21(16,17)13-6-4-3-5-11(12)13/h3-7,12,15H,8H2,1-2H3. The van der Waals surface area contributed by atoms with Crippen molar-refractivity contribution >= 4 is 19.9 Å². The molecule has 0 fully saturated rings. The van der Waals surface area contributed by atoms with Crippen LogP contribution in [0.25, 0.3) is 0 Å². The molecule has 1 aromatic carbocycles. The normalized spacial score (nSPS) is 20.0. The number of nitrogens with one attached hydrogen (secondary N) is 1.